The third-order valence-corrected chi connectivity index (χ3v) is 11.1. The topological polar surface area (TPSA) is 101 Å². The monoisotopic (exact) mass is 510 g/mol. The fraction of sp³-hybridized carbons (Fsp3) is 0.724. The van der Waals surface area contributed by atoms with Gasteiger partial charge in [-0.25, -0.2) is 4.79 Å². The first-order valence-corrected chi connectivity index (χ1v) is 13.5. The van der Waals surface area contributed by atoms with Gasteiger partial charge in [-0.05, 0) is 63.0 Å². The van der Waals surface area contributed by atoms with Gasteiger partial charge >= 0.3 is 6.16 Å². The highest BCUT2D eigenvalue weighted by Crippen LogP contribution is 2.78. The second kappa shape index (κ2) is 7.54. The number of rotatable bonds is 4. The van der Waals surface area contributed by atoms with Gasteiger partial charge in [0.05, 0.1) is 12.2 Å². The van der Waals surface area contributed by atoms with Crippen LogP contribution in [0, 0.1) is 28.2 Å². The smallest absolute Gasteiger partial charge is 0.482 e. The van der Waals surface area contributed by atoms with E-state index in [0.29, 0.717) is 18.0 Å². The molecule has 1 aromatic rings. The summed E-state index contributed by atoms with van der Waals surface area (Å²) in [5, 5.41) is 22.4. The Balaban J connectivity index is 1.60. The van der Waals surface area contributed by atoms with Crippen LogP contribution < -0.4 is 9.47 Å². The summed E-state index contributed by atoms with van der Waals surface area (Å²) in [6, 6.07) is 3.82. The molecule has 8 nitrogen and oxygen atoms in total. The van der Waals surface area contributed by atoms with Crippen molar-refractivity contribution in [2.45, 2.75) is 95.5 Å². The third-order valence-electron chi connectivity index (χ3n) is 11.1. The molecule has 2 spiro atoms. The lowest BCUT2D eigenvalue weighted by molar-refractivity contribution is -0.309. The van der Waals surface area contributed by atoms with Crippen molar-refractivity contribution in [3.63, 3.8) is 0 Å². The highest BCUT2D eigenvalue weighted by atomic mass is 16.7. The maximum Gasteiger partial charge on any atom is 0.513 e. The SMILES string of the molecule is CCOC(=O)Oc1ccc2c3c1O[C@H]1[C@@]4(OC)CC[C@@]5(C[C@@H]4C(C)(O)C(C)(C)C)[C@@H](C2)N(C#N)CC[C@]315. The molecule has 1 unspecified atom stereocenters. The number of nitriles is 1. The van der Waals surface area contributed by atoms with Crippen molar-refractivity contribution >= 4 is 6.16 Å². The predicted octanol–water partition coefficient (Wildman–Crippen LogP) is 4.31. The Morgan fingerprint density at radius 2 is 2.03 bits per heavy atom. The largest absolute Gasteiger partial charge is 0.513 e. The molecule has 4 aliphatic carbocycles. The minimum atomic E-state index is -1.05. The van der Waals surface area contributed by atoms with Crippen LogP contribution in [0.15, 0.2) is 12.1 Å². The number of carbonyl (C=O) groups excluding carboxylic acids is 1. The molecule has 6 aliphatic rings. The molecular formula is C29H38N2O6. The van der Waals surface area contributed by atoms with E-state index >= 15 is 0 Å². The lowest BCUT2D eigenvalue weighted by Gasteiger charge is -2.75. The van der Waals surface area contributed by atoms with Crippen molar-refractivity contribution in [1.82, 2.24) is 4.90 Å². The molecule has 0 amide bonds. The van der Waals surface area contributed by atoms with E-state index < -0.39 is 22.8 Å². The highest BCUT2D eigenvalue weighted by Gasteiger charge is 2.82. The number of nitrogens with zero attached hydrogens (tertiary/aromatic N) is 2. The van der Waals surface area contributed by atoms with Gasteiger partial charge in [0, 0.05) is 42.0 Å². The Bertz CT molecular complexity index is 1200. The molecule has 37 heavy (non-hydrogen) atoms. The molecule has 2 aliphatic heterocycles. The average Bonchev–Trinajstić information content (AvgIpc) is 3.21. The quantitative estimate of drug-likeness (QED) is 0.363. The van der Waals surface area contributed by atoms with Crippen molar-refractivity contribution in [3.05, 3.63) is 23.3 Å². The lowest BCUT2D eigenvalue weighted by atomic mass is 9.33. The van der Waals surface area contributed by atoms with Crippen molar-refractivity contribution in [2.24, 2.45) is 16.7 Å². The number of piperidine rings is 1. The van der Waals surface area contributed by atoms with Gasteiger partial charge in [0.1, 0.15) is 11.7 Å². The number of methoxy groups -OCH3 is 1. The van der Waals surface area contributed by atoms with Gasteiger partial charge in [-0.2, -0.15) is 5.26 Å². The Morgan fingerprint density at radius 3 is 2.68 bits per heavy atom. The number of hydrogen-bond acceptors (Lipinski definition) is 8. The summed E-state index contributed by atoms with van der Waals surface area (Å²) in [7, 11) is 1.74. The van der Waals surface area contributed by atoms with Crippen LogP contribution in [0.3, 0.4) is 0 Å². The number of likely N-dealkylation sites (tertiary alicyclic amines) is 1. The molecule has 3 saturated carbocycles. The maximum atomic E-state index is 12.3. The summed E-state index contributed by atoms with van der Waals surface area (Å²) in [4.78, 5) is 14.3. The zero-order valence-corrected chi connectivity index (χ0v) is 22.7. The molecule has 8 heteroatoms. The first kappa shape index (κ1) is 24.8. The van der Waals surface area contributed by atoms with E-state index in [-0.39, 0.29) is 35.5 Å². The van der Waals surface area contributed by atoms with Gasteiger partial charge in [0.15, 0.2) is 17.7 Å². The van der Waals surface area contributed by atoms with Crippen LogP contribution in [-0.2, 0) is 21.3 Å². The number of aliphatic hydroxyl groups is 1. The fourth-order valence-corrected chi connectivity index (χ4v) is 9.06. The van der Waals surface area contributed by atoms with Crippen LogP contribution in [-0.4, -0.2) is 59.8 Å². The minimum Gasteiger partial charge on any atom is -0.482 e. The van der Waals surface area contributed by atoms with Crippen molar-refractivity contribution in [2.75, 3.05) is 20.3 Å². The second-order valence-corrected chi connectivity index (χ2v) is 12.9. The molecule has 7 atom stereocenters. The maximum absolute atomic E-state index is 12.3. The second-order valence-electron chi connectivity index (χ2n) is 12.9. The Kier molecular flexibility index (Phi) is 5.06. The molecule has 4 fully saturated rings. The molecule has 200 valence electrons. The number of carbonyl (C=O) groups is 1. The summed E-state index contributed by atoms with van der Waals surface area (Å²) in [6.07, 6.45) is 5.22. The molecule has 7 rings (SSSR count). The number of fused-ring (bicyclic) bond motifs is 2. The summed E-state index contributed by atoms with van der Waals surface area (Å²) in [5.74, 6) is 0.758. The van der Waals surface area contributed by atoms with Crippen molar-refractivity contribution in [1.29, 1.82) is 5.26 Å². The highest BCUT2D eigenvalue weighted by molar-refractivity contribution is 5.70. The van der Waals surface area contributed by atoms with Crippen molar-refractivity contribution in [3.8, 4) is 17.7 Å². The third kappa shape index (κ3) is 2.72. The van der Waals surface area contributed by atoms with Gasteiger partial charge in [0.25, 0.3) is 0 Å². The van der Waals surface area contributed by atoms with Gasteiger partial charge < -0.3 is 29.0 Å². The number of benzene rings is 1. The van der Waals surface area contributed by atoms with E-state index in [1.54, 1.807) is 20.1 Å². The molecule has 1 N–H and O–H groups in total. The summed E-state index contributed by atoms with van der Waals surface area (Å²) in [6.45, 7) is 10.8. The predicted molar refractivity (Wildman–Crippen MR) is 134 cm³/mol. The number of ether oxygens (including phenoxy) is 4. The van der Waals surface area contributed by atoms with E-state index in [0.717, 1.165) is 43.2 Å². The van der Waals surface area contributed by atoms with Crippen LogP contribution in [0.4, 0.5) is 4.79 Å². The standard InChI is InChI=1S/C29H38N2O6/c1-7-35-24(32)36-18-9-8-17-14-20-27-10-11-29(34-6,19(15-27)26(5,33)25(2,3)4)23-28(27,12-13-31(20)16-30)21(17)22(18)37-23/h8-9,19-20,23,33H,7,10-15H2,1-6H3/t19-,20-,23-,26?,27-,28+,29-/m1/s1. The molecule has 0 radical (unpaired) electrons. The lowest BCUT2D eigenvalue weighted by Crippen LogP contribution is -2.83. The minimum absolute atomic E-state index is 0.0149. The fourth-order valence-electron chi connectivity index (χ4n) is 9.06. The van der Waals surface area contributed by atoms with Crippen LogP contribution in [0.5, 0.6) is 11.5 Å². The number of hydrogen-bond donors (Lipinski definition) is 1. The molecule has 0 aromatic heterocycles. The molecule has 4 bridgehead atoms. The summed E-state index contributed by atoms with van der Waals surface area (Å²) < 4.78 is 24.2. The van der Waals surface area contributed by atoms with Crippen LogP contribution in [0.2, 0.25) is 0 Å². The Morgan fingerprint density at radius 1 is 1.27 bits per heavy atom. The normalized spacial score (nSPS) is 38.2. The average molecular weight is 511 g/mol. The summed E-state index contributed by atoms with van der Waals surface area (Å²) in [5.41, 5.74) is -0.588. The van der Waals surface area contributed by atoms with Crippen molar-refractivity contribution < 1.29 is 28.8 Å². The van der Waals surface area contributed by atoms with Gasteiger partial charge in [-0.3, -0.25) is 0 Å². The summed E-state index contributed by atoms with van der Waals surface area (Å²) >= 11 is 0. The molecular weight excluding hydrogens is 472 g/mol. The van der Waals surface area contributed by atoms with E-state index in [2.05, 4.69) is 27.0 Å². The van der Waals surface area contributed by atoms with E-state index in [4.69, 9.17) is 18.9 Å². The zero-order valence-electron chi connectivity index (χ0n) is 22.7. The van der Waals surface area contributed by atoms with Gasteiger partial charge in [0.2, 0.25) is 0 Å². The first-order valence-electron chi connectivity index (χ1n) is 13.5. The van der Waals surface area contributed by atoms with Crippen LogP contribution in [0.1, 0.15) is 71.4 Å². The molecule has 1 aromatic carbocycles. The molecule has 1 saturated heterocycles. The van der Waals surface area contributed by atoms with Crippen LogP contribution in [0.25, 0.3) is 0 Å². The first-order chi connectivity index (χ1) is 17.4. The van der Waals surface area contributed by atoms with E-state index in [9.17, 15) is 15.2 Å². The molecule has 2 heterocycles. The van der Waals surface area contributed by atoms with Gasteiger partial charge in [-0.15, -0.1) is 0 Å². The zero-order chi connectivity index (χ0) is 26.6. The van der Waals surface area contributed by atoms with Gasteiger partial charge in [-0.1, -0.05) is 26.8 Å². The van der Waals surface area contributed by atoms with E-state index in [1.807, 2.05) is 17.9 Å². The van der Waals surface area contributed by atoms with Crippen LogP contribution >= 0.6 is 0 Å². The van der Waals surface area contributed by atoms with E-state index in [1.165, 1.54) is 0 Å². The Hall–Kier alpha value is -2.50. The Labute approximate surface area is 218 Å².